The molecule has 1 amide bonds. The molecular weight excluding hydrogens is 234 g/mol. The molecule has 1 fully saturated rings. The van der Waals surface area contributed by atoms with Crippen LogP contribution in [-0.4, -0.2) is 17.4 Å². The third-order valence-electron chi connectivity index (χ3n) is 4.03. The Morgan fingerprint density at radius 1 is 1.26 bits per heavy atom. The van der Waals surface area contributed by atoms with Crippen molar-refractivity contribution < 1.29 is 4.79 Å². The quantitative estimate of drug-likeness (QED) is 0.724. The molecule has 1 unspecified atom stereocenters. The van der Waals surface area contributed by atoms with Gasteiger partial charge in [-0.2, -0.15) is 0 Å². The number of carbonyl (C=O) groups is 1. The maximum atomic E-state index is 12.3. The molecule has 2 nitrogen and oxygen atoms in total. The maximum absolute atomic E-state index is 12.3. The van der Waals surface area contributed by atoms with Crippen LogP contribution in [0.15, 0.2) is 24.3 Å². The molecule has 1 atom stereocenters. The lowest BCUT2D eigenvalue weighted by Crippen LogP contribution is -2.30. The second-order valence-corrected chi connectivity index (χ2v) is 5.61. The number of amides is 1. The molecule has 1 aliphatic heterocycles. The van der Waals surface area contributed by atoms with E-state index in [2.05, 4.69) is 43.0 Å². The molecule has 0 aliphatic carbocycles. The Morgan fingerprint density at radius 2 is 2.00 bits per heavy atom. The van der Waals surface area contributed by atoms with Crippen LogP contribution >= 0.6 is 0 Å². The smallest absolute Gasteiger partial charge is 0.223 e. The SMILES string of the molecule is CCCCCC(=O)N1CCCC1c1ccc(C)cc1. The van der Waals surface area contributed by atoms with E-state index in [1.807, 2.05) is 0 Å². The highest BCUT2D eigenvalue weighted by atomic mass is 16.2. The highest BCUT2D eigenvalue weighted by Crippen LogP contribution is 2.32. The highest BCUT2D eigenvalue weighted by molar-refractivity contribution is 5.77. The third kappa shape index (κ3) is 3.59. The van der Waals surface area contributed by atoms with Gasteiger partial charge in [-0.1, -0.05) is 49.6 Å². The zero-order valence-electron chi connectivity index (χ0n) is 12.2. The van der Waals surface area contributed by atoms with E-state index in [0.29, 0.717) is 11.9 Å². The summed E-state index contributed by atoms with van der Waals surface area (Å²) < 4.78 is 0. The average molecular weight is 259 g/mol. The summed E-state index contributed by atoms with van der Waals surface area (Å²) in [5, 5.41) is 0. The summed E-state index contributed by atoms with van der Waals surface area (Å²) in [7, 11) is 0. The number of nitrogens with zero attached hydrogens (tertiary/aromatic N) is 1. The minimum atomic E-state index is 0.315. The van der Waals surface area contributed by atoms with Crippen LogP contribution in [0, 0.1) is 6.92 Å². The fourth-order valence-electron chi connectivity index (χ4n) is 2.87. The van der Waals surface area contributed by atoms with Crippen molar-refractivity contribution in [2.24, 2.45) is 0 Å². The van der Waals surface area contributed by atoms with Crippen LogP contribution in [0.4, 0.5) is 0 Å². The number of unbranched alkanes of at least 4 members (excludes halogenated alkanes) is 2. The predicted molar refractivity (Wildman–Crippen MR) is 79.0 cm³/mol. The molecule has 1 saturated heterocycles. The molecule has 1 aromatic carbocycles. The van der Waals surface area contributed by atoms with E-state index < -0.39 is 0 Å². The molecule has 19 heavy (non-hydrogen) atoms. The van der Waals surface area contributed by atoms with Crippen LogP contribution in [0.2, 0.25) is 0 Å². The Hall–Kier alpha value is -1.31. The minimum Gasteiger partial charge on any atom is -0.336 e. The first-order chi connectivity index (χ1) is 9.22. The lowest BCUT2D eigenvalue weighted by molar-refractivity contribution is -0.132. The molecule has 0 spiro atoms. The third-order valence-corrected chi connectivity index (χ3v) is 4.03. The van der Waals surface area contributed by atoms with Gasteiger partial charge in [-0.3, -0.25) is 4.79 Å². The number of carbonyl (C=O) groups excluding carboxylic acids is 1. The van der Waals surface area contributed by atoms with Gasteiger partial charge in [0.25, 0.3) is 0 Å². The van der Waals surface area contributed by atoms with Gasteiger partial charge in [0.15, 0.2) is 0 Å². The van der Waals surface area contributed by atoms with Gasteiger partial charge >= 0.3 is 0 Å². The summed E-state index contributed by atoms with van der Waals surface area (Å²) >= 11 is 0. The van der Waals surface area contributed by atoms with Crippen LogP contribution in [0.25, 0.3) is 0 Å². The monoisotopic (exact) mass is 259 g/mol. The first-order valence-corrected chi connectivity index (χ1v) is 7.58. The molecule has 0 N–H and O–H groups in total. The van der Waals surface area contributed by atoms with Crippen LogP contribution < -0.4 is 0 Å². The standard InChI is InChI=1S/C17H25NO/c1-3-4-5-8-17(19)18-13-6-7-16(18)15-11-9-14(2)10-12-15/h9-12,16H,3-8,13H2,1-2H3. The lowest BCUT2D eigenvalue weighted by atomic mass is 10.0. The Kier molecular flexibility index (Phi) is 5.00. The summed E-state index contributed by atoms with van der Waals surface area (Å²) in [5.41, 5.74) is 2.58. The molecule has 2 rings (SSSR count). The molecule has 1 heterocycles. The first-order valence-electron chi connectivity index (χ1n) is 7.58. The van der Waals surface area contributed by atoms with Crippen molar-refractivity contribution in [1.82, 2.24) is 4.90 Å². The van der Waals surface area contributed by atoms with Crippen molar-refractivity contribution in [2.45, 2.75) is 58.4 Å². The molecule has 1 aliphatic rings. The fourth-order valence-corrected chi connectivity index (χ4v) is 2.87. The van der Waals surface area contributed by atoms with Crippen molar-refractivity contribution >= 4 is 5.91 Å². The van der Waals surface area contributed by atoms with E-state index >= 15 is 0 Å². The van der Waals surface area contributed by atoms with Gasteiger partial charge in [0, 0.05) is 13.0 Å². The van der Waals surface area contributed by atoms with Crippen molar-refractivity contribution in [3.8, 4) is 0 Å². The zero-order valence-corrected chi connectivity index (χ0v) is 12.2. The second-order valence-electron chi connectivity index (χ2n) is 5.61. The predicted octanol–water partition coefficient (Wildman–Crippen LogP) is 4.24. The number of benzene rings is 1. The second kappa shape index (κ2) is 6.74. The summed E-state index contributed by atoms with van der Waals surface area (Å²) in [5.74, 6) is 0.344. The van der Waals surface area contributed by atoms with Gasteiger partial charge in [0.1, 0.15) is 0 Å². The summed E-state index contributed by atoms with van der Waals surface area (Å²) in [4.78, 5) is 14.4. The lowest BCUT2D eigenvalue weighted by Gasteiger charge is -2.25. The van der Waals surface area contributed by atoms with E-state index in [1.54, 1.807) is 0 Å². The first kappa shape index (κ1) is 14.1. The molecule has 0 radical (unpaired) electrons. The fraction of sp³-hybridized carbons (Fsp3) is 0.588. The van der Waals surface area contributed by atoms with Gasteiger partial charge in [0.05, 0.1) is 6.04 Å². The zero-order chi connectivity index (χ0) is 13.7. The highest BCUT2D eigenvalue weighted by Gasteiger charge is 2.29. The molecule has 104 valence electrons. The van der Waals surface area contributed by atoms with E-state index in [1.165, 1.54) is 17.5 Å². The number of rotatable bonds is 5. The van der Waals surface area contributed by atoms with Gasteiger partial charge in [0.2, 0.25) is 5.91 Å². The summed E-state index contributed by atoms with van der Waals surface area (Å²) in [6, 6.07) is 8.96. The molecule has 1 aromatic rings. The number of aryl methyl sites for hydroxylation is 1. The van der Waals surface area contributed by atoms with Gasteiger partial charge in [-0.15, -0.1) is 0 Å². The normalized spacial score (nSPS) is 18.8. The van der Waals surface area contributed by atoms with Gasteiger partial charge in [-0.05, 0) is 31.7 Å². The Balaban J connectivity index is 2.00. The number of hydrogen-bond donors (Lipinski definition) is 0. The number of hydrogen-bond acceptors (Lipinski definition) is 1. The summed E-state index contributed by atoms with van der Waals surface area (Å²) in [6.45, 7) is 5.21. The Labute approximate surface area is 116 Å². The molecule has 0 saturated carbocycles. The van der Waals surface area contributed by atoms with Gasteiger partial charge < -0.3 is 4.90 Å². The largest absolute Gasteiger partial charge is 0.336 e. The van der Waals surface area contributed by atoms with Crippen molar-refractivity contribution in [1.29, 1.82) is 0 Å². The van der Waals surface area contributed by atoms with E-state index in [-0.39, 0.29) is 0 Å². The van der Waals surface area contributed by atoms with Crippen LogP contribution in [-0.2, 0) is 4.79 Å². The topological polar surface area (TPSA) is 20.3 Å². The molecular formula is C17H25NO. The average Bonchev–Trinajstić information content (AvgIpc) is 2.89. The van der Waals surface area contributed by atoms with Crippen LogP contribution in [0.1, 0.15) is 62.6 Å². The van der Waals surface area contributed by atoms with Crippen LogP contribution in [0.5, 0.6) is 0 Å². The Bertz CT molecular complexity index is 410. The molecule has 2 heteroatoms. The number of likely N-dealkylation sites (tertiary alicyclic amines) is 1. The Morgan fingerprint density at radius 3 is 2.68 bits per heavy atom. The minimum absolute atomic E-state index is 0.315. The van der Waals surface area contributed by atoms with Crippen molar-refractivity contribution in [3.63, 3.8) is 0 Å². The molecule has 0 aromatic heterocycles. The summed E-state index contributed by atoms with van der Waals surface area (Å²) in [6.07, 6.45) is 6.34. The molecule has 0 bridgehead atoms. The van der Waals surface area contributed by atoms with E-state index in [9.17, 15) is 4.79 Å². The maximum Gasteiger partial charge on any atom is 0.223 e. The van der Waals surface area contributed by atoms with Gasteiger partial charge in [-0.25, -0.2) is 0 Å². The van der Waals surface area contributed by atoms with E-state index in [4.69, 9.17) is 0 Å². The van der Waals surface area contributed by atoms with E-state index in [0.717, 1.165) is 38.6 Å². The van der Waals surface area contributed by atoms with Crippen LogP contribution in [0.3, 0.4) is 0 Å². The van der Waals surface area contributed by atoms with Crippen molar-refractivity contribution in [3.05, 3.63) is 35.4 Å². The van der Waals surface area contributed by atoms with Crippen molar-refractivity contribution in [2.75, 3.05) is 6.54 Å².